The van der Waals surface area contributed by atoms with Gasteiger partial charge >= 0.3 is 0 Å². The van der Waals surface area contributed by atoms with E-state index in [-0.39, 0.29) is 11.5 Å². The van der Waals surface area contributed by atoms with Crippen molar-refractivity contribution in [3.8, 4) is 0 Å². The molecule has 0 amide bonds. The Balaban J connectivity index is 1.21. The van der Waals surface area contributed by atoms with Crippen LogP contribution in [0.4, 0.5) is 5.69 Å². The molecule has 0 unspecified atom stereocenters. The van der Waals surface area contributed by atoms with E-state index in [1.165, 1.54) is 10.8 Å². The van der Waals surface area contributed by atoms with E-state index in [1.54, 1.807) is 0 Å². The fourth-order valence-electron chi connectivity index (χ4n) is 7.39. The van der Waals surface area contributed by atoms with E-state index in [4.69, 9.17) is 11.6 Å². The SMILES string of the molecule is O=S(=O)(O)CCCCn1/c(=C/C=C2\CCC(/C=C/C3=[N+](CCCCS(=O)(=O)O)c4cccc5cccc3c45)=C2Cl)c2cccc3cccc1c32. The number of aryl methyl sites for hydroxylation is 1. The van der Waals surface area contributed by atoms with Crippen LogP contribution in [0.3, 0.4) is 0 Å². The lowest BCUT2D eigenvalue weighted by molar-refractivity contribution is -0.436. The van der Waals surface area contributed by atoms with Crippen molar-refractivity contribution in [1.29, 1.82) is 0 Å². The smallest absolute Gasteiger partial charge is 0.264 e. The number of hydrogen-bond acceptors (Lipinski definition) is 4. The highest BCUT2D eigenvalue weighted by atomic mass is 35.5. The third-order valence-corrected chi connectivity index (χ3v) is 11.8. The molecule has 11 heteroatoms. The van der Waals surface area contributed by atoms with Gasteiger partial charge in [0.15, 0.2) is 0 Å². The molecule has 0 atom stereocenters. The standard InChI is InChI=1S/C39H37ClN2O6S2/c40-39-29(19-21-33-31-13-5-9-27-11-7-15-35(37(27)31)41(33)23-1-3-25-49(43,44)45)17-18-30(39)20-22-34-32-14-6-10-28-12-8-16-36(38(28)32)42(34)24-2-4-26-50(46,47)48/h5-16,19-22H,1-4,17-18,23-26H2,(H-,43,44,45,46,47,48)/p+1. The van der Waals surface area contributed by atoms with E-state index >= 15 is 0 Å². The predicted octanol–water partition coefficient (Wildman–Crippen LogP) is 7.70. The van der Waals surface area contributed by atoms with Crippen LogP contribution < -0.4 is 5.35 Å². The van der Waals surface area contributed by atoms with E-state index in [9.17, 15) is 25.9 Å². The van der Waals surface area contributed by atoms with Crippen LogP contribution in [0, 0.1) is 0 Å². The number of benzene rings is 4. The average molecular weight is 730 g/mol. The van der Waals surface area contributed by atoms with Crippen LogP contribution in [0.5, 0.6) is 0 Å². The quantitative estimate of drug-likeness (QED) is 0.0729. The monoisotopic (exact) mass is 729 g/mol. The Kier molecular flexibility index (Phi) is 9.58. The van der Waals surface area contributed by atoms with Crippen LogP contribution in [0.2, 0.25) is 0 Å². The Morgan fingerprint density at radius 1 is 0.740 bits per heavy atom. The van der Waals surface area contributed by atoms with Gasteiger partial charge in [0.1, 0.15) is 6.54 Å². The molecule has 50 heavy (non-hydrogen) atoms. The van der Waals surface area contributed by atoms with Gasteiger partial charge in [-0.05, 0) is 72.2 Å². The summed E-state index contributed by atoms with van der Waals surface area (Å²) >= 11 is 7.05. The molecule has 0 radical (unpaired) electrons. The topological polar surface area (TPSA) is 117 Å². The largest absolute Gasteiger partial charge is 0.340 e. The summed E-state index contributed by atoms with van der Waals surface area (Å²) < 4.78 is 68.2. The third kappa shape index (κ3) is 7.08. The Morgan fingerprint density at radius 2 is 1.40 bits per heavy atom. The van der Waals surface area contributed by atoms with Crippen molar-refractivity contribution >= 4 is 81.8 Å². The molecule has 1 aliphatic carbocycles. The Bertz CT molecular complexity index is 2550. The summed E-state index contributed by atoms with van der Waals surface area (Å²) in [5, 5.41) is 7.48. The van der Waals surface area contributed by atoms with Gasteiger partial charge in [0.05, 0.1) is 22.5 Å². The first kappa shape index (κ1) is 34.4. The van der Waals surface area contributed by atoms with Crippen molar-refractivity contribution < 1.29 is 30.5 Å². The zero-order chi connectivity index (χ0) is 35.0. The summed E-state index contributed by atoms with van der Waals surface area (Å²) in [6, 6.07) is 24.9. The van der Waals surface area contributed by atoms with Gasteiger partial charge in [-0.3, -0.25) is 9.11 Å². The summed E-state index contributed by atoms with van der Waals surface area (Å²) in [6.45, 7) is 1.21. The first-order chi connectivity index (χ1) is 24.0. The van der Waals surface area contributed by atoms with E-state index in [1.807, 2.05) is 24.3 Å². The zero-order valence-corrected chi connectivity index (χ0v) is 29.8. The van der Waals surface area contributed by atoms with Gasteiger partial charge in [0, 0.05) is 51.8 Å². The highest BCUT2D eigenvalue weighted by Crippen LogP contribution is 2.38. The maximum atomic E-state index is 11.3. The van der Waals surface area contributed by atoms with Gasteiger partial charge in [-0.15, -0.1) is 0 Å². The van der Waals surface area contributed by atoms with Gasteiger partial charge in [-0.2, -0.15) is 21.4 Å². The molecule has 0 saturated carbocycles. The number of aromatic nitrogens is 1. The molecule has 2 aliphatic rings. The van der Waals surface area contributed by atoms with Crippen LogP contribution in [0.1, 0.15) is 44.1 Å². The maximum absolute atomic E-state index is 11.3. The van der Waals surface area contributed by atoms with Crippen LogP contribution in [0.15, 0.2) is 107 Å². The molecule has 4 aromatic carbocycles. The molecular formula is C39H38ClN2O6S2+. The van der Waals surface area contributed by atoms with Gasteiger partial charge in [0.25, 0.3) is 20.2 Å². The average Bonchev–Trinajstić information content (AvgIpc) is 3.69. The van der Waals surface area contributed by atoms with E-state index in [0.29, 0.717) is 38.8 Å². The molecule has 0 fully saturated rings. The lowest BCUT2D eigenvalue weighted by Crippen LogP contribution is -2.17. The molecule has 0 spiro atoms. The molecule has 0 bridgehead atoms. The van der Waals surface area contributed by atoms with E-state index < -0.39 is 20.2 Å². The van der Waals surface area contributed by atoms with Crippen molar-refractivity contribution in [2.24, 2.45) is 0 Å². The second kappa shape index (κ2) is 13.9. The molecule has 1 aliphatic heterocycles. The number of halogens is 1. The molecule has 8 nitrogen and oxygen atoms in total. The predicted molar refractivity (Wildman–Crippen MR) is 203 cm³/mol. The van der Waals surface area contributed by atoms with Gasteiger partial charge in [-0.1, -0.05) is 78.4 Å². The summed E-state index contributed by atoms with van der Waals surface area (Å²) in [5.74, 6) is -0.520. The molecule has 2 N–H and O–H groups in total. The van der Waals surface area contributed by atoms with Crippen LogP contribution >= 0.6 is 11.6 Å². The molecular weight excluding hydrogens is 692 g/mol. The number of allylic oxidation sites excluding steroid dienone is 6. The van der Waals surface area contributed by atoms with Crippen LogP contribution in [0.25, 0.3) is 38.5 Å². The Morgan fingerprint density at radius 3 is 2.14 bits per heavy atom. The minimum Gasteiger partial charge on any atom is -0.340 e. The third-order valence-electron chi connectivity index (χ3n) is 9.66. The second-order valence-corrected chi connectivity index (χ2v) is 16.5. The lowest BCUT2D eigenvalue weighted by Gasteiger charge is -2.06. The van der Waals surface area contributed by atoms with Crippen molar-refractivity contribution in [2.45, 2.75) is 45.1 Å². The molecule has 258 valence electrons. The van der Waals surface area contributed by atoms with E-state index in [2.05, 4.69) is 82.0 Å². The fourth-order valence-corrected chi connectivity index (χ4v) is 8.84. The summed E-state index contributed by atoms with van der Waals surface area (Å²) in [5.41, 5.74) is 6.39. The second-order valence-electron chi connectivity index (χ2n) is 13.0. The molecule has 2 heterocycles. The van der Waals surface area contributed by atoms with Crippen molar-refractivity contribution in [2.75, 3.05) is 18.1 Å². The van der Waals surface area contributed by atoms with Gasteiger partial charge < -0.3 is 4.57 Å². The number of unbranched alkanes of at least 4 members (excludes halogenated alkanes) is 2. The molecule has 7 rings (SSSR count). The minimum atomic E-state index is -4.01. The molecule has 0 saturated heterocycles. The number of rotatable bonds is 13. The Labute approximate surface area is 296 Å². The van der Waals surface area contributed by atoms with Crippen molar-refractivity contribution in [1.82, 2.24) is 4.57 Å². The molecule has 1 aromatic heterocycles. The normalized spacial score (nSPS) is 16.6. The highest BCUT2D eigenvalue weighted by molar-refractivity contribution is 7.86. The summed E-state index contributed by atoms with van der Waals surface area (Å²) in [4.78, 5) is 0. The number of hydrogen-bond donors (Lipinski definition) is 2. The first-order valence-electron chi connectivity index (χ1n) is 16.8. The van der Waals surface area contributed by atoms with Crippen LogP contribution in [-0.4, -0.2) is 58.8 Å². The highest BCUT2D eigenvalue weighted by Gasteiger charge is 2.30. The number of nitrogens with zero attached hydrogens (tertiary/aromatic N) is 2. The zero-order valence-electron chi connectivity index (χ0n) is 27.4. The fraction of sp³-hybridized carbons (Fsp3) is 0.256. The molecule has 5 aromatic rings. The van der Waals surface area contributed by atoms with E-state index in [0.717, 1.165) is 73.0 Å². The van der Waals surface area contributed by atoms with Crippen molar-refractivity contribution in [3.05, 3.63) is 118 Å². The van der Waals surface area contributed by atoms with Crippen molar-refractivity contribution in [3.63, 3.8) is 0 Å². The van der Waals surface area contributed by atoms with Crippen LogP contribution in [-0.2, 0) is 26.8 Å². The lowest BCUT2D eigenvalue weighted by atomic mass is 10.0. The summed E-state index contributed by atoms with van der Waals surface area (Å²) in [6.07, 6.45) is 11.9. The van der Waals surface area contributed by atoms with Gasteiger partial charge in [-0.25, -0.2) is 0 Å². The first-order valence-corrected chi connectivity index (χ1v) is 20.4. The van der Waals surface area contributed by atoms with Gasteiger partial charge in [0.2, 0.25) is 11.4 Å². The maximum Gasteiger partial charge on any atom is 0.264 e. The minimum absolute atomic E-state index is 0.260. The summed E-state index contributed by atoms with van der Waals surface area (Å²) in [7, 11) is -8.02. The Hall–Kier alpha value is -4.06.